The van der Waals surface area contributed by atoms with Crippen LogP contribution in [0.5, 0.6) is 0 Å². The smallest absolute Gasteiger partial charge is 0.329 e. The first-order valence-corrected chi connectivity index (χ1v) is 11.0. The van der Waals surface area contributed by atoms with E-state index < -0.39 is 17.8 Å². The first kappa shape index (κ1) is 23.7. The third kappa shape index (κ3) is 5.83. The van der Waals surface area contributed by atoms with Crippen LogP contribution >= 0.6 is 0 Å². The molecule has 1 atom stereocenters. The lowest BCUT2D eigenvalue weighted by molar-refractivity contribution is -0.155. The number of hydrogen-bond donors (Lipinski definition) is 1. The second kappa shape index (κ2) is 10.6. The molecule has 2 amide bonds. The van der Waals surface area contributed by atoms with Gasteiger partial charge in [-0.1, -0.05) is 12.8 Å². The fourth-order valence-corrected chi connectivity index (χ4v) is 4.37. The summed E-state index contributed by atoms with van der Waals surface area (Å²) < 4.78 is 19.6. The van der Waals surface area contributed by atoms with E-state index in [1.54, 1.807) is 17.0 Å². The van der Waals surface area contributed by atoms with Crippen molar-refractivity contribution >= 4 is 29.3 Å². The van der Waals surface area contributed by atoms with Gasteiger partial charge in [-0.05, 0) is 43.9 Å². The van der Waals surface area contributed by atoms with Gasteiger partial charge in [-0.15, -0.1) is 0 Å². The predicted molar refractivity (Wildman–Crippen MR) is 116 cm³/mol. The lowest BCUT2D eigenvalue weighted by Crippen LogP contribution is -2.51. The monoisotopic (exact) mass is 447 g/mol. The molecule has 1 heterocycles. The van der Waals surface area contributed by atoms with Gasteiger partial charge in [-0.2, -0.15) is 0 Å². The molecule has 8 nitrogen and oxygen atoms in total. The second-order valence-corrected chi connectivity index (χ2v) is 8.42. The number of nitrogens with one attached hydrogen (secondary N) is 1. The first-order chi connectivity index (χ1) is 15.3. The molecular weight excluding hydrogens is 417 g/mol. The normalized spacial score (nSPS) is 17.7. The Bertz CT molecular complexity index is 876. The summed E-state index contributed by atoms with van der Waals surface area (Å²) >= 11 is 0. The largest absolute Gasteiger partial charge is 0.454 e. The number of ether oxygens (including phenoxy) is 1. The minimum atomic E-state index is -0.722. The van der Waals surface area contributed by atoms with E-state index in [0.717, 1.165) is 25.7 Å². The van der Waals surface area contributed by atoms with Crippen LogP contribution in [-0.4, -0.2) is 67.3 Å². The number of benzene rings is 1. The standard InChI is InChI=1S/C23H30FN3O5/c1-15(28)18-7-8-20(19(24)13-18)26-9-11-27(12-10-26)21(30)14-32-23(31)22(25-16(2)29)17-5-3-4-6-17/h7-8,13,17,22H,3-6,9-12,14H2,1-2H3,(H,25,29). The van der Waals surface area contributed by atoms with Crippen LogP contribution in [0.15, 0.2) is 18.2 Å². The molecule has 0 bridgehead atoms. The number of Topliss-reactive ketones (excluding diaryl/α,β-unsaturated/α-hetero) is 1. The van der Waals surface area contributed by atoms with Crippen LogP contribution in [0, 0.1) is 11.7 Å². The van der Waals surface area contributed by atoms with Crippen molar-refractivity contribution in [2.75, 3.05) is 37.7 Å². The van der Waals surface area contributed by atoms with E-state index in [0.29, 0.717) is 37.4 Å². The molecule has 1 aromatic rings. The van der Waals surface area contributed by atoms with Crippen molar-refractivity contribution < 1.29 is 28.3 Å². The maximum absolute atomic E-state index is 14.4. The topological polar surface area (TPSA) is 96.0 Å². The predicted octanol–water partition coefficient (Wildman–Crippen LogP) is 1.91. The van der Waals surface area contributed by atoms with E-state index in [-0.39, 0.29) is 30.1 Å². The van der Waals surface area contributed by atoms with Gasteiger partial charge < -0.3 is 19.9 Å². The van der Waals surface area contributed by atoms with Crippen molar-refractivity contribution in [2.45, 2.75) is 45.6 Å². The Morgan fingerprint density at radius 3 is 2.31 bits per heavy atom. The van der Waals surface area contributed by atoms with Crippen molar-refractivity contribution in [1.82, 2.24) is 10.2 Å². The number of rotatable bonds is 7. The fourth-order valence-electron chi connectivity index (χ4n) is 4.37. The average Bonchev–Trinajstić information content (AvgIpc) is 3.30. The van der Waals surface area contributed by atoms with Crippen molar-refractivity contribution in [3.63, 3.8) is 0 Å². The highest BCUT2D eigenvalue weighted by atomic mass is 19.1. The lowest BCUT2D eigenvalue weighted by atomic mass is 9.98. The molecule has 1 aliphatic heterocycles. The second-order valence-electron chi connectivity index (χ2n) is 8.42. The van der Waals surface area contributed by atoms with Crippen molar-refractivity contribution in [1.29, 1.82) is 0 Å². The summed E-state index contributed by atoms with van der Waals surface area (Å²) in [6, 6.07) is 3.68. The Balaban J connectivity index is 1.50. The number of nitrogens with zero attached hydrogens (tertiary/aromatic N) is 2. The van der Waals surface area contributed by atoms with E-state index in [9.17, 15) is 23.6 Å². The summed E-state index contributed by atoms with van der Waals surface area (Å²) in [4.78, 5) is 51.3. The van der Waals surface area contributed by atoms with Gasteiger partial charge in [0.2, 0.25) is 5.91 Å². The molecule has 1 N–H and O–H groups in total. The molecule has 2 fully saturated rings. The minimum Gasteiger partial charge on any atom is -0.454 e. The number of carbonyl (C=O) groups is 4. The van der Waals surface area contributed by atoms with Gasteiger partial charge in [0.05, 0.1) is 5.69 Å². The Kier molecular flexibility index (Phi) is 7.82. The summed E-state index contributed by atoms with van der Waals surface area (Å²) in [5, 5.41) is 2.66. The molecule has 32 heavy (non-hydrogen) atoms. The molecule has 1 saturated heterocycles. The summed E-state index contributed by atoms with van der Waals surface area (Å²) in [5.74, 6) is -1.83. The Hall–Kier alpha value is -2.97. The van der Waals surface area contributed by atoms with E-state index in [4.69, 9.17) is 4.74 Å². The molecule has 1 aliphatic carbocycles. The van der Waals surface area contributed by atoms with Gasteiger partial charge >= 0.3 is 5.97 Å². The summed E-state index contributed by atoms with van der Waals surface area (Å²) in [7, 11) is 0. The first-order valence-electron chi connectivity index (χ1n) is 11.0. The molecule has 1 unspecified atom stereocenters. The van der Waals surface area contributed by atoms with Gasteiger partial charge in [0.15, 0.2) is 12.4 Å². The summed E-state index contributed by atoms with van der Waals surface area (Å²) in [5.41, 5.74) is 0.709. The maximum Gasteiger partial charge on any atom is 0.329 e. The Labute approximate surface area is 187 Å². The SMILES string of the molecule is CC(=O)NC(C(=O)OCC(=O)N1CCN(c2ccc(C(C)=O)cc2F)CC1)C1CCCC1. The maximum atomic E-state index is 14.4. The molecule has 0 aromatic heterocycles. The van der Waals surface area contributed by atoms with E-state index >= 15 is 0 Å². The van der Waals surface area contributed by atoms with Crippen molar-refractivity contribution in [3.05, 3.63) is 29.6 Å². The van der Waals surface area contributed by atoms with Crippen LogP contribution in [-0.2, 0) is 19.1 Å². The van der Waals surface area contributed by atoms with Gasteiger partial charge in [-0.3, -0.25) is 14.4 Å². The molecule has 3 rings (SSSR count). The van der Waals surface area contributed by atoms with Crippen LogP contribution in [0.1, 0.15) is 49.9 Å². The highest BCUT2D eigenvalue weighted by Crippen LogP contribution is 2.28. The van der Waals surface area contributed by atoms with Crippen molar-refractivity contribution in [3.8, 4) is 0 Å². The molecule has 1 saturated carbocycles. The van der Waals surface area contributed by atoms with Crippen LogP contribution in [0.2, 0.25) is 0 Å². The number of carbonyl (C=O) groups excluding carboxylic acids is 4. The summed E-state index contributed by atoms with van der Waals surface area (Å²) in [6.07, 6.45) is 3.71. The molecule has 174 valence electrons. The quantitative estimate of drug-likeness (QED) is 0.507. The zero-order valence-corrected chi connectivity index (χ0v) is 18.6. The molecular formula is C23H30FN3O5. The summed E-state index contributed by atoms with van der Waals surface area (Å²) in [6.45, 7) is 3.93. The molecule has 2 aliphatic rings. The number of anilines is 1. The van der Waals surface area contributed by atoms with Crippen LogP contribution in [0.3, 0.4) is 0 Å². The molecule has 1 aromatic carbocycles. The minimum absolute atomic E-state index is 0.0364. The van der Waals surface area contributed by atoms with E-state index in [1.807, 2.05) is 4.90 Å². The molecule has 0 radical (unpaired) electrons. The Morgan fingerprint density at radius 1 is 1.09 bits per heavy atom. The number of piperazine rings is 1. The van der Waals surface area contributed by atoms with Crippen LogP contribution < -0.4 is 10.2 Å². The van der Waals surface area contributed by atoms with Gasteiger partial charge in [-0.25, -0.2) is 9.18 Å². The Morgan fingerprint density at radius 2 is 1.75 bits per heavy atom. The van der Waals surface area contributed by atoms with Gasteiger partial charge in [0.1, 0.15) is 11.9 Å². The highest BCUT2D eigenvalue weighted by molar-refractivity contribution is 5.94. The van der Waals surface area contributed by atoms with Crippen molar-refractivity contribution in [2.24, 2.45) is 5.92 Å². The van der Waals surface area contributed by atoms with Gasteiger partial charge in [0, 0.05) is 38.7 Å². The highest BCUT2D eigenvalue weighted by Gasteiger charge is 2.33. The molecule has 0 spiro atoms. The zero-order chi connectivity index (χ0) is 23.3. The van der Waals surface area contributed by atoms with Gasteiger partial charge in [0.25, 0.3) is 5.91 Å². The number of ketones is 1. The third-order valence-corrected chi connectivity index (χ3v) is 6.15. The number of hydrogen-bond acceptors (Lipinski definition) is 6. The lowest BCUT2D eigenvalue weighted by Gasteiger charge is -2.36. The number of amides is 2. The van der Waals surface area contributed by atoms with E-state index in [1.165, 1.54) is 19.9 Å². The third-order valence-electron chi connectivity index (χ3n) is 6.15. The number of esters is 1. The van der Waals surface area contributed by atoms with Crippen LogP contribution in [0.25, 0.3) is 0 Å². The van der Waals surface area contributed by atoms with E-state index in [2.05, 4.69) is 5.32 Å². The number of halogens is 1. The fraction of sp³-hybridized carbons (Fsp3) is 0.565. The van der Waals surface area contributed by atoms with Crippen LogP contribution in [0.4, 0.5) is 10.1 Å². The molecule has 9 heteroatoms. The average molecular weight is 448 g/mol. The zero-order valence-electron chi connectivity index (χ0n) is 18.6.